The number of nitrogens with one attached hydrogen (secondary N) is 1. The van der Waals surface area contributed by atoms with Crippen molar-refractivity contribution < 1.29 is 14.3 Å². The van der Waals surface area contributed by atoms with Crippen LogP contribution in [0.1, 0.15) is 23.2 Å². The number of amides is 1. The molecule has 72 valence electrons. The first kappa shape index (κ1) is 9.80. The van der Waals surface area contributed by atoms with Crippen molar-refractivity contribution in [3.8, 4) is 0 Å². The summed E-state index contributed by atoms with van der Waals surface area (Å²) in [7, 11) is 0. The van der Waals surface area contributed by atoms with E-state index in [4.69, 9.17) is 9.52 Å². The van der Waals surface area contributed by atoms with E-state index in [2.05, 4.69) is 5.32 Å². The van der Waals surface area contributed by atoms with Crippen LogP contribution in [0.4, 0.5) is 0 Å². The smallest absolute Gasteiger partial charge is 0.287 e. The molecule has 0 saturated carbocycles. The Kier molecular flexibility index (Phi) is 3.08. The number of furan rings is 1. The molecular formula is C9H13NO3. The number of carbonyl (C=O) groups excluding carboxylic acids is 1. The molecule has 0 aliphatic rings. The first-order valence-electron chi connectivity index (χ1n) is 4.11. The summed E-state index contributed by atoms with van der Waals surface area (Å²) in [4.78, 5) is 11.3. The minimum atomic E-state index is -0.297. The zero-order valence-electron chi connectivity index (χ0n) is 7.70. The van der Waals surface area contributed by atoms with Crippen LogP contribution < -0.4 is 5.32 Å². The summed E-state index contributed by atoms with van der Waals surface area (Å²) in [6.07, 6.45) is 0. The van der Waals surface area contributed by atoms with Crippen LogP contribution in [0.25, 0.3) is 0 Å². The van der Waals surface area contributed by atoms with Crippen molar-refractivity contribution in [2.24, 2.45) is 0 Å². The molecule has 4 nitrogen and oxygen atoms in total. The maximum atomic E-state index is 11.3. The fraction of sp³-hybridized carbons (Fsp3) is 0.444. The molecule has 0 radical (unpaired) electrons. The van der Waals surface area contributed by atoms with Crippen molar-refractivity contribution in [3.05, 3.63) is 23.7 Å². The van der Waals surface area contributed by atoms with E-state index in [1.165, 1.54) is 0 Å². The number of aliphatic hydroxyl groups excluding tert-OH is 1. The largest absolute Gasteiger partial charge is 0.456 e. The van der Waals surface area contributed by atoms with Crippen LogP contribution in [0.2, 0.25) is 0 Å². The highest BCUT2D eigenvalue weighted by atomic mass is 16.3. The first-order valence-corrected chi connectivity index (χ1v) is 4.11. The summed E-state index contributed by atoms with van der Waals surface area (Å²) in [6, 6.07) is 3.07. The Morgan fingerprint density at radius 2 is 2.38 bits per heavy atom. The summed E-state index contributed by atoms with van der Waals surface area (Å²) >= 11 is 0. The van der Waals surface area contributed by atoms with Crippen molar-refractivity contribution in [1.82, 2.24) is 5.32 Å². The zero-order chi connectivity index (χ0) is 9.84. The van der Waals surface area contributed by atoms with Gasteiger partial charge < -0.3 is 14.8 Å². The fourth-order valence-electron chi connectivity index (χ4n) is 0.897. The van der Waals surface area contributed by atoms with Gasteiger partial charge in [-0.05, 0) is 26.0 Å². The quantitative estimate of drug-likeness (QED) is 0.725. The molecule has 0 aliphatic heterocycles. The average Bonchev–Trinajstić information content (AvgIpc) is 2.51. The topological polar surface area (TPSA) is 62.5 Å². The number of aryl methyl sites for hydroxylation is 1. The van der Waals surface area contributed by atoms with Gasteiger partial charge in [0, 0.05) is 6.04 Å². The average molecular weight is 183 g/mol. The minimum Gasteiger partial charge on any atom is -0.456 e. The van der Waals surface area contributed by atoms with Crippen LogP contribution >= 0.6 is 0 Å². The van der Waals surface area contributed by atoms with Gasteiger partial charge in [0.25, 0.3) is 5.91 Å². The molecule has 0 unspecified atom stereocenters. The van der Waals surface area contributed by atoms with Gasteiger partial charge in [-0.1, -0.05) is 0 Å². The molecule has 0 saturated heterocycles. The molecular weight excluding hydrogens is 170 g/mol. The van der Waals surface area contributed by atoms with Gasteiger partial charge in [0.1, 0.15) is 5.76 Å². The predicted molar refractivity (Wildman–Crippen MR) is 47.5 cm³/mol. The lowest BCUT2D eigenvalue weighted by molar-refractivity contribution is 0.0893. The zero-order valence-corrected chi connectivity index (χ0v) is 7.70. The van der Waals surface area contributed by atoms with Crippen molar-refractivity contribution in [2.75, 3.05) is 6.61 Å². The van der Waals surface area contributed by atoms with Gasteiger partial charge in [0.2, 0.25) is 0 Å². The normalized spacial score (nSPS) is 12.5. The third kappa shape index (κ3) is 2.59. The lowest BCUT2D eigenvalue weighted by Gasteiger charge is -2.08. The molecule has 0 fully saturated rings. The lowest BCUT2D eigenvalue weighted by Crippen LogP contribution is -2.34. The molecule has 1 amide bonds. The highest BCUT2D eigenvalue weighted by molar-refractivity contribution is 5.91. The van der Waals surface area contributed by atoms with Crippen LogP contribution in [-0.2, 0) is 0 Å². The van der Waals surface area contributed by atoms with E-state index in [9.17, 15) is 4.79 Å². The van der Waals surface area contributed by atoms with E-state index in [0.29, 0.717) is 5.76 Å². The SMILES string of the molecule is Cc1ccc(C(=O)N[C@@H](C)CO)o1. The molecule has 13 heavy (non-hydrogen) atoms. The van der Waals surface area contributed by atoms with Crippen molar-refractivity contribution >= 4 is 5.91 Å². The molecule has 2 N–H and O–H groups in total. The first-order chi connectivity index (χ1) is 6.13. The Balaban J connectivity index is 2.58. The number of aliphatic hydroxyl groups is 1. The lowest BCUT2D eigenvalue weighted by atomic mass is 10.3. The number of hydrogen-bond donors (Lipinski definition) is 2. The second kappa shape index (κ2) is 4.09. The highest BCUT2D eigenvalue weighted by Gasteiger charge is 2.11. The fourth-order valence-corrected chi connectivity index (χ4v) is 0.897. The summed E-state index contributed by atoms with van der Waals surface area (Å²) in [5.41, 5.74) is 0. The molecule has 1 aromatic rings. The predicted octanol–water partition coefficient (Wildman–Crippen LogP) is 0.699. The molecule has 1 rings (SSSR count). The van der Waals surface area contributed by atoms with Gasteiger partial charge in [-0.15, -0.1) is 0 Å². The third-order valence-electron chi connectivity index (χ3n) is 1.62. The summed E-state index contributed by atoms with van der Waals surface area (Å²) in [6.45, 7) is 3.41. The number of carbonyl (C=O) groups is 1. The molecule has 0 spiro atoms. The van der Waals surface area contributed by atoms with Gasteiger partial charge in [-0.3, -0.25) is 4.79 Å². The van der Waals surface area contributed by atoms with Gasteiger partial charge in [0.05, 0.1) is 6.61 Å². The maximum absolute atomic E-state index is 11.3. The Morgan fingerprint density at radius 1 is 1.69 bits per heavy atom. The van der Waals surface area contributed by atoms with Gasteiger partial charge in [0.15, 0.2) is 5.76 Å². The van der Waals surface area contributed by atoms with Gasteiger partial charge in [-0.2, -0.15) is 0 Å². The van der Waals surface area contributed by atoms with E-state index < -0.39 is 0 Å². The summed E-state index contributed by atoms with van der Waals surface area (Å²) in [5, 5.41) is 11.3. The van der Waals surface area contributed by atoms with E-state index in [1.807, 2.05) is 0 Å². The maximum Gasteiger partial charge on any atom is 0.287 e. The summed E-state index contributed by atoms with van der Waals surface area (Å²) in [5.74, 6) is 0.675. The van der Waals surface area contributed by atoms with Crippen LogP contribution in [0.15, 0.2) is 16.5 Å². The molecule has 0 aromatic carbocycles. The minimum absolute atomic E-state index is 0.0779. The van der Waals surface area contributed by atoms with Crippen LogP contribution in [0.3, 0.4) is 0 Å². The Labute approximate surface area is 76.6 Å². The molecule has 4 heteroatoms. The molecule has 1 atom stereocenters. The van der Waals surface area contributed by atoms with E-state index in [0.717, 1.165) is 0 Å². The van der Waals surface area contributed by atoms with Crippen LogP contribution in [0, 0.1) is 6.92 Å². The third-order valence-corrected chi connectivity index (χ3v) is 1.62. The van der Waals surface area contributed by atoms with Crippen molar-refractivity contribution in [2.45, 2.75) is 19.9 Å². The Hall–Kier alpha value is -1.29. The molecule has 1 aromatic heterocycles. The number of hydrogen-bond acceptors (Lipinski definition) is 3. The van der Waals surface area contributed by atoms with Gasteiger partial charge in [-0.25, -0.2) is 0 Å². The monoisotopic (exact) mass is 183 g/mol. The number of rotatable bonds is 3. The second-order valence-corrected chi connectivity index (χ2v) is 2.97. The molecule has 1 heterocycles. The summed E-state index contributed by atoms with van der Waals surface area (Å²) < 4.78 is 5.10. The van der Waals surface area contributed by atoms with E-state index >= 15 is 0 Å². The van der Waals surface area contributed by atoms with E-state index in [-0.39, 0.29) is 24.3 Å². The molecule has 0 bridgehead atoms. The van der Waals surface area contributed by atoms with Crippen molar-refractivity contribution in [1.29, 1.82) is 0 Å². The van der Waals surface area contributed by atoms with Crippen LogP contribution in [0.5, 0.6) is 0 Å². The van der Waals surface area contributed by atoms with Crippen molar-refractivity contribution in [3.63, 3.8) is 0 Å². The highest BCUT2D eigenvalue weighted by Crippen LogP contribution is 2.05. The molecule has 0 aliphatic carbocycles. The Bertz CT molecular complexity index is 293. The second-order valence-electron chi connectivity index (χ2n) is 2.97. The van der Waals surface area contributed by atoms with E-state index in [1.54, 1.807) is 26.0 Å². The Morgan fingerprint density at radius 3 is 2.85 bits per heavy atom. The standard InChI is InChI=1S/C9H13NO3/c1-6(5-11)10-9(12)8-4-3-7(2)13-8/h3-4,6,11H,5H2,1-2H3,(H,10,12)/t6-/m0/s1. The van der Waals surface area contributed by atoms with Gasteiger partial charge >= 0.3 is 0 Å². The van der Waals surface area contributed by atoms with Crippen LogP contribution in [-0.4, -0.2) is 23.7 Å².